The van der Waals surface area contributed by atoms with Crippen LogP contribution in [0.3, 0.4) is 0 Å². The van der Waals surface area contributed by atoms with E-state index in [2.05, 4.69) is 44.3 Å². The van der Waals surface area contributed by atoms with E-state index in [0.717, 1.165) is 31.9 Å². The second-order valence-corrected chi connectivity index (χ2v) is 6.41. The van der Waals surface area contributed by atoms with Crippen molar-refractivity contribution in [2.24, 2.45) is 0 Å². The highest BCUT2D eigenvalue weighted by Gasteiger charge is 2.14. The molecule has 2 heterocycles. The molecule has 0 radical (unpaired) electrons. The molecule has 7 heteroatoms. The van der Waals surface area contributed by atoms with Gasteiger partial charge in [0.2, 0.25) is 5.95 Å². The van der Waals surface area contributed by atoms with Crippen LogP contribution in [0.15, 0.2) is 29.1 Å². The summed E-state index contributed by atoms with van der Waals surface area (Å²) in [5.41, 5.74) is 3.02. The molecule has 0 amide bonds. The van der Waals surface area contributed by atoms with Gasteiger partial charge in [0.1, 0.15) is 0 Å². The topological polar surface area (TPSA) is 84.5 Å². The molecular weight excluding hydrogens is 318 g/mol. The molecule has 0 unspecified atom stereocenters. The highest BCUT2D eigenvalue weighted by atomic mass is 16.3. The fraction of sp³-hybridized carbons (Fsp3) is 0.444. The number of nitrogens with zero attached hydrogens (tertiary/aromatic N) is 3. The van der Waals surface area contributed by atoms with Crippen molar-refractivity contribution in [1.29, 1.82) is 0 Å². The van der Waals surface area contributed by atoms with Gasteiger partial charge >= 0.3 is 0 Å². The smallest absolute Gasteiger partial charge is 0.255 e. The minimum absolute atomic E-state index is 0.0634. The number of benzene rings is 1. The molecule has 1 aromatic carbocycles. The number of likely N-dealkylation sites (N-methyl/N-ethyl adjacent to an activating group) is 1. The first-order chi connectivity index (χ1) is 12.1. The Hall–Kier alpha value is -2.38. The lowest BCUT2D eigenvalue weighted by molar-refractivity contribution is 0.298. The number of aromatic amines is 1. The summed E-state index contributed by atoms with van der Waals surface area (Å²) in [7, 11) is 2.14. The van der Waals surface area contributed by atoms with Crippen molar-refractivity contribution in [3.63, 3.8) is 0 Å². The second kappa shape index (κ2) is 7.67. The van der Waals surface area contributed by atoms with Gasteiger partial charge in [0, 0.05) is 56.1 Å². The fourth-order valence-electron chi connectivity index (χ4n) is 3.03. The molecule has 0 aliphatic carbocycles. The summed E-state index contributed by atoms with van der Waals surface area (Å²) >= 11 is 0. The molecule has 0 saturated carbocycles. The summed E-state index contributed by atoms with van der Waals surface area (Å²) in [5, 5.41) is 12.2. The maximum atomic E-state index is 12.1. The Morgan fingerprint density at radius 3 is 2.48 bits per heavy atom. The molecule has 0 atom stereocenters. The van der Waals surface area contributed by atoms with Crippen molar-refractivity contribution in [3.05, 3.63) is 45.9 Å². The molecule has 7 nitrogen and oxygen atoms in total. The van der Waals surface area contributed by atoms with Gasteiger partial charge in [-0.15, -0.1) is 0 Å². The minimum atomic E-state index is -0.210. The molecule has 1 aliphatic heterocycles. The number of hydrogen-bond donors (Lipinski definition) is 3. The fourth-order valence-corrected chi connectivity index (χ4v) is 3.03. The van der Waals surface area contributed by atoms with E-state index in [1.54, 1.807) is 6.92 Å². The summed E-state index contributed by atoms with van der Waals surface area (Å²) in [6, 6.07) is 8.15. The van der Waals surface area contributed by atoms with Crippen molar-refractivity contribution in [3.8, 4) is 0 Å². The molecule has 0 bridgehead atoms. The lowest BCUT2D eigenvalue weighted by Gasteiger charge is -2.34. The van der Waals surface area contributed by atoms with E-state index in [1.165, 1.54) is 5.69 Å². The predicted octanol–water partition coefficient (Wildman–Crippen LogP) is 1.11. The van der Waals surface area contributed by atoms with Gasteiger partial charge < -0.3 is 20.2 Å². The van der Waals surface area contributed by atoms with Crippen LogP contribution in [0.4, 0.5) is 17.3 Å². The summed E-state index contributed by atoms with van der Waals surface area (Å²) < 4.78 is 0. The van der Waals surface area contributed by atoms with Gasteiger partial charge in [0.05, 0.1) is 5.69 Å². The van der Waals surface area contributed by atoms with Gasteiger partial charge in [-0.1, -0.05) is 0 Å². The van der Waals surface area contributed by atoms with Crippen molar-refractivity contribution < 1.29 is 5.11 Å². The van der Waals surface area contributed by atoms with Crippen LogP contribution < -0.4 is 15.8 Å². The van der Waals surface area contributed by atoms with Crippen LogP contribution in [0.2, 0.25) is 0 Å². The number of hydrogen-bond acceptors (Lipinski definition) is 6. The Balaban J connectivity index is 1.70. The Morgan fingerprint density at radius 1 is 1.20 bits per heavy atom. The van der Waals surface area contributed by atoms with Crippen molar-refractivity contribution >= 4 is 17.3 Å². The first-order valence-corrected chi connectivity index (χ1v) is 8.58. The SMILES string of the molecule is Cc1nc(Nc2ccc(N3CCN(C)CC3)cc2)[nH]c(=O)c1CCO. The van der Waals surface area contributed by atoms with Crippen LogP contribution in [-0.4, -0.2) is 59.8 Å². The number of rotatable bonds is 5. The quantitative estimate of drug-likeness (QED) is 0.754. The van der Waals surface area contributed by atoms with Gasteiger partial charge in [-0.3, -0.25) is 9.78 Å². The monoisotopic (exact) mass is 343 g/mol. The maximum absolute atomic E-state index is 12.1. The Kier molecular flexibility index (Phi) is 5.35. The molecule has 1 aliphatic rings. The van der Waals surface area contributed by atoms with Crippen molar-refractivity contribution in [2.75, 3.05) is 50.1 Å². The average Bonchev–Trinajstić information content (AvgIpc) is 2.60. The number of aryl methyl sites for hydroxylation is 1. The number of nitrogens with one attached hydrogen (secondary N) is 2. The largest absolute Gasteiger partial charge is 0.396 e. The predicted molar refractivity (Wildman–Crippen MR) is 99.8 cm³/mol. The van der Waals surface area contributed by atoms with E-state index in [4.69, 9.17) is 5.11 Å². The zero-order valence-electron chi connectivity index (χ0n) is 14.7. The van der Waals surface area contributed by atoms with Gasteiger partial charge in [-0.2, -0.15) is 0 Å². The molecule has 1 fully saturated rings. The molecular formula is C18H25N5O2. The average molecular weight is 343 g/mol. The second-order valence-electron chi connectivity index (χ2n) is 6.41. The molecule has 3 rings (SSSR count). The van der Waals surface area contributed by atoms with E-state index < -0.39 is 0 Å². The number of H-pyrrole nitrogens is 1. The number of anilines is 3. The summed E-state index contributed by atoms with van der Waals surface area (Å²) in [5.74, 6) is 0.413. The molecule has 134 valence electrons. The summed E-state index contributed by atoms with van der Waals surface area (Å²) in [6.45, 7) is 5.93. The first-order valence-electron chi connectivity index (χ1n) is 8.58. The van der Waals surface area contributed by atoms with E-state index >= 15 is 0 Å². The minimum Gasteiger partial charge on any atom is -0.396 e. The number of piperazine rings is 1. The molecule has 2 aromatic rings. The van der Waals surface area contributed by atoms with Gasteiger partial charge in [-0.05, 0) is 38.2 Å². The van der Waals surface area contributed by atoms with Gasteiger partial charge in [0.25, 0.3) is 5.56 Å². The third-order valence-electron chi connectivity index (χ3n) is 4.58. The van der Waals surface area contributed by atoms with E-state index in [0.29, 0.717) is 23.6 Å². The van der Waals surface area contributed by atoms with Crippen molar-refractivity contribution in [2.45, 2.75) is 13.3 Å². The molecule has 1 saturated heterocycles. The molecule has 1 aromatic heterocycles. The van der Waals surface area contributed by atoms with Gasteiger partial charge in [-0.25, -0.2) is 4.98 Å². The van der Waals surface area contributed by atoms with Crippen LogP contribution >= 0.6 is 0 Å². The standard InChI is InChI=1S/C18H25N5O2/c1-13-16(7-12-24)17(25)21-18(19-13)20-14-3-5-15(6-4-14)23-10-8-22(2)9-11-23/h3-6,24H,7-12H2,1-2H3,(H2,19,20,21,25). The summed E-state index contributed by atoms with van der Waals surface area (Å²) in [6.07, 6.45) is 0.314. The molecule has 0 spiro atoms. The Morgan fingerprint density at radius 2 is 1.88 bits per heavy atom. The van der Waals surface area contributed by atoms with Crippen molar-refractivity contribution in [1.82, 2.24) is 14.9 Å². The van der Waals surface area contributed by atoms with Crippen LogP contribution in [0.1, 0.15) is 11.3 Å². The summed E-state index contributed by atoms with van der Waals surface area (Å²) in [4.78, 5) is 23.9. The van der Waals surface area contributed by atoms with E-state index in [9.17, 15) is 4.79 Å². The number of aromatic nitrogens is 2. The van der Waals surface area contributed by atoms with Crippen LogP contribution in [0.25, 0.3) is 0 Å². The van der Waals surface area contributed by atoms with Crippen LogP contribution in [-0.2, 0) is 6.42 Å². The zero-order valence-corrected chi connectivity index (χ0v) is 14.7. The van der Waals surface area contributed by atoms with Crippen LogP contribution in [0, 0.1) is 6.92 Å². The number of aliphatic hydroxyl groups is 1. The zero-order chi connectivity index (χ0) is 17.8. The lowest BCUT2D eigenvalue weighted by atomic mass is 10.2. The highest BCUT2D eigenvalue weighted by molar-refractivity contribution is 5.59. The highest BCUT2D eigenvalue weighted by Crippen LogP contribution is 2.20. The third-order valence-corrected chi connectivity index (χ3v) is 4.58. The van der Waals surface area contributed by atoms with E-state index in [1.807, 2.05) is 12.1 Å². The molecule has 3 N–H and O–H groups in total. The van der Waals surface area contributed by atoms with Crippen LogP contribution in [0.5, 0.6) is 0 Å². The normalized spacial score (nSPS) is 15.4. The van der Waals surface area contributed by atoms with E-state index in [-0.39, 0.29) is 12.2 Å². The number of aliphatic hydroxyl groups excluding tert-OH is 1. The molecule has 25 heavy (non-hydrogen) atoms. The van der Waals surface area contributed by atoms with Gasteiger partial charge in [0.15, 0.2) is 0 Å². The maximum Gasteiger partial charge on any atom is 0.255 e. The Labute approximate surface area is 147 Å². The lowest BCUT2D eigenvalue weighted by Crippen LogP contribution is -2.44. The first kappa shape index (κ1) is 17.4. The third kappa shape index (κ3) is 4.18. The Bertz CT molecular complexity index is 764.